The van der Waals surface area contributed by atoms with Crippen LogP contribution < -0.4 is 0 Å². The number of aromatic amines is 1. The van der Waals surface area contributed by atoms with E-state index in [1.807, 2.05) is 0 Å². The van der Waals surface area contributed by atoms with Crippen molar-refractivity contribution < 1.29 is 4.79 Å². The first-order valence-corrected chi connectivity index (χ1v) is 7.94. The van der Waals surface area contributed by atoms with Gasteiger partial charge in [0.2, 0.25) is 0 Å². The lowest BCUT2D eigenvalue weighted by atomic mass is 9.76. The molecule has 5 heteroatoms. The minimum Gasteiger partial charge on any atom is -0.344 e. The maximum absolute atomic E-state index is 13.0. The molecule has 0 bridgehead atoms. The number of ketones is 1. The van der Waals surface area contributed by atoms with Gasteiger partial charge in [0, 0.05) is 11.6 Å². The summed E-state index contributed by atoms with van der Waals surface area (Å²) in [6, 6.07) is 0. The van der Waals surface area contributed by atoms with Crippen LogP contribution in [-0.4, -0.2) is 20.7 Å². The van der Waals surface area contributed by atoms with Gasteiger partial charge in [-0.1, -0.05) is 32.6 Å². The zero-order valence-electron chi connectivity index (χ0n) is 11.6. The molecule has 4 nitrogen and oxygen atoms in total. The number of carbonyl (C=O) groups excluding carboxylic acids is 1. The van der Waals surface area contributed by atoms with Crippen molar-refractivity contribution in [2.75, 3.05) is 0 Å². The summed E-state index contributed by atoms with van der Waals surface area (Å²) < 4.78 is 0.657. The number of fused-ring (bicyclic) bond motifs is 1. The van der Waals surface area contributed by atoms with E-state index in [-0.39, 0.29) is 11.2 Å². The SMILES string of the molecule is CC1(C(=O)c2c[nH]c3ncc(Br)nc23)CCCCCC1. The van der Waals surface area contributed by atoms with E-state index < -0.39 is 0 Å². The fourth-order valence-corrected chi connectivity index (χ4v) is 3.38. The van der Waals surface area contributed by atoms with Gasteiger partial charge in [0.15, 0.2) is 11.4 Å². The lowest BCUT2D eigenvalue weighted by molar-refractivity contribution is 0.0792. The second-order valence-corrected chi connectivity index (χ2v) is 6.71. The molecule has 1 N–H and O–H groups in total. The van der Waals surface area contributed by atoms with Crippen LogP contribution in [0.15, 0.2) is 17.0 Å². The predicted molar refractivity (Wildman–Crippen MR) is 81.7 cm³/mol. The second-order valence-electron chi connectivity index (χ2n) is 5.90. The van der Waals surface area contributed by atoms with Gasteiger partial charge in [-0.15, -0.1) is 0 Å². The first kappa shape index (κ1) is 13.7. The number of carbonyl (C=O) groups is 1. The van der Waals surface area contributed by atoms with Gasteiger partial charge in [-0.3, -0.25) is 4.79 Å². The zero-order chi connectivity index (χ0) is 14.2. The maximum Gasteiger partial charge on any atom is 0.172 e. The Morgan fingerprint density at radius 2 is 2.00 bits per heavy atom. The third kappa shape index (κ3) is 2.39. The summed E-state index contributed by atoms with van der Waals surface area (Å²) in [5, 5.41) is 0. The third-order valence-corrected chi connectivity index (χ3v) is 4.73. The highest BCUT2D eigenvalue weighted by molar-refractivity contribution is 9.10. The molecule has 0 aromatic carbocycles. The van der Waals surface area contributed by atoms with Crippen molar-refractivity contribution in [1.82, 2.24) is 15.0 Å². The lowest BCUT2D eigenvalue weighted by Gasteiger charge is -2.25. The maximum atomic E-state index is 13.0. The number of nitrogens with zero attached hydrogens (tertiary/aromatic N) is 2. The number of aromatic nitrogens is 3. The molecule has 2 heterocycles. The molecule has 1 aliphatic carbocycles. The van der Waals surface area contributed by atoms with Crippen LogP contribution in [0.3, 0.4) is 0 Å². The Morgan fingerprint density at radius 1 is 1.30 bits per heavy atom. The van der Waals surface area contributed by atoms with Crippen molar-refractivity contribution in [2.45, 2.75) is 45.4 Å². The summed E-state index contributed by atoms with van der Waals surface area (Å²) in [4.78, 5) is 24.7. The summed E-state index contributed by atoms with van der Waals surface area (Å²) in [5.74, 6) is 0.207. The van der Waals surface area contributed by atoms with Crippen LogP contribution in [0.25, 0.3) is 11.2 Å². The van der Waals surface area contributed by atoms with Crippen molar-refractivity contribution >= 4 is 32.9 Å². The van der Waals surface area contributed by atoms with Gasteiger partial charge in [0.05, 0.1) is 11.8 Å². The number of Topliss-reactive ketones (excluding diaryl/α,β-unsaturated/α-hetero) is 1. The highest BCUT2D eigenvalue weighted by Crippen LogP contribution is 2.38. The lowest BCUT2D eigenvalue weighted by Crippen LogP contribution is -2.27. The Bertz CT molecular complexity index is 642. The Morgan fingerprint density at radius 3 is 2.70 bits per heavy atom. The van der Waals surface area contributed by atoms with Crippen molar-refractivity contribution in [1.29, 1.82) is 0 Å². The van der Waals surface area contributed by atoms with Crippen LogP contribution in [-0.2, 0) is 0 Å². The van der Waals surface area contributed by atoms with Crippen LogP contribution in [0.4, 0.5) is 0 Å². The fourth-order valence-electron chi connectivity index (χ4n) is 3.10. The van der Waals surface area contributed by atoms with Crippen LogP contribution >= 0.6 is 15.9 Å². The Kier molecular flexibility index (Phi) is 3.63. The first-order valence-electron chi connectivity index (χ1n) is 7.15. The molecule has 1 fully saturated rings. The van der Waals surface area contributed by atoms with E-state index in [2.05, 4.69) is 37.8 Å². The molecule has 0 unspecified atom stereocenters. The first-order chi connectivity index (χ1) is 9.60. The van der Waals surface area contributed by atoms with Gasteiger partial charge < -0.3 is 4.98 Å². The molecule has 1 saturated carbocycles. The molecule has 0 radical (unpaired) electrons. The van der Waals surface area contributed by atoms with Gasteiger partial charge in [-0.25, -0.2) is 9.97 Å². The summed E-state index contributed by atoms with van der Waals surface area (Å²) in [6.07, 6.45) is 10.1. The quantitative estimate of drug-likeness (QED) is 0.658. The molecular formula is C15H18BrN3O. The van der Waals surface area contributed by atoms with E-state index in [1.165, 1.54) is 12.8 Å². The Labute approximate surface area is 126 Å². The Balaban J connectivity index is 2.01. The van der Waals surface area contributed by atoms with E-state index >= 15 is 0 Å². The van der Waals surface area contributed by atoms with Gasteiger partial charge in [0.25, 0.3) is 0 Å². The molecule has 0 spiro atoms. The van der Waals surface area contributed by atoms with Crippen LogP contribution in [0.1, 0.15) is 55.8 Å². The van der Waals surface area contributed by atoms with E-state index in [1.54, 1.807) is 12.4 Å². The van der Waals surface area contributed by atoms with Crippen molar-refractivity contribution in [2.24, 2.45) is 5.41 Å². The average Bonchev–Trinajstić information content (AvgIpc) is 2.71. The van der Waals surface area contributed by atoms with Crippen LogP contribution in [0.5, 0.6) is 0 Å². The number of H-pyrrole nitrogens is 1. The highest BCUT2D eigenvalue weighted by atomic mass is 79.9. The highest BCUT2D eigenvalue weighted by Gasteiger charge is 2.35. The monoisotopic (exact) mass is 335 g/mol. The van der Waals surface area contributed by atoms with E-state index in [0.29, 0.717) is 21.3 Å². The van der Waals surface area contributed by atoms with Gasteiger partial charge in [-0.2, -0.15) is 0 Å². The summed E-state index contributed by atoms with van der Waals surface area (Å²) >= 11 is 3.32. The molecule has 0 saturated heterocycles. The summed E-state index contributed by atoms with van der Waals surface area (Å²) in [6.45, 7) is 2.10. The number of hydrogen-bond donors (Lipinski definition) is 1. The molecular weight excluding hydrogens is 318 g/mol. The van der Waals surface area contributed by atoms with Crippen LogP contribution in [0.2, 0.25) is 0 Å². The molecule has 0 amide bonds. The largest absolute Gasteiger partial charge is 0.344 e. The van der Waals surface area contributed by atoms with Crippen molar-refractivity contribution in [3.8, 4) is 0 Å². The van der Waals surface area contributed by atoms with Gasteiger partial charge >= 0.3 is 0 Å². The van der Waals surface area contributed by atoms with Gasteiger partial charge in [-0.05, 0) is 28.8 Å². The van der Waals surface area contributed by atoms with E-state index in [9.17, 15) is 4.79 Å². The molecule has 2 aromatic rings. The minimum atomic E-state index is -0.254. The summed E-state index contributed by atoms with van der Waals surface area (Å²) in [5.41, 5.74) is 1.78. The summed E-state index contributed by atoms with van der Waals surface area (Å²) in [7, 11) is 0. The second kappa shape index (κ2) is 5.28. The van der Waals surface area contributed by atoms with Crippen molar-refractivity contribution in [3.05, 3.63) is 22.6 Å². The molecule has 1 aliphatic rings. The number of halogens is 1. The molecule has 0 atom stereocenters. The molecule has 3 rings (SSSR count). The van der Waals surface area contributed by atoms with Crippen molar-refractivity contribution in [3.63, 3.8) is 0 Å². The normalized spacial score (nSPS) is 18.9. The molecule has 20 heavy (non-hydrogen) atoms. The smallest absolute Gasteiger partial charge is 0.172 e. The zero-order valence-corrected chi connectivity index (χ0v) is 13.2. The number of rotatable bonds is 2. The van der Waals surface area contributed by atoms with Crippen LogP contribution in [0, 0.1) is 5.41 Å². The topological polar surface area (TPSA) is 58.6 Å². The number of nitrogens with one attached hydrogen (secondary N) is 1. The third-order valence-electron chi connectivity index (χ3n) is 4.35. The van der Waals surface area contributed by atoms with E-state index in [4.69, 9.17) is 0 Å². The average molecular weight is 336 g/mol. The molecule has 2 aromatic heterocycles. The Hall–Kier alpha value is -1.23. The van der Waals surface area contributed by atoms with Gasteiger partial charge in [0.1, 0.15) is 10.1 Å². The fraction of sp³-hybridized carbons (Fsp3) is 0.533. The number of hydrogen-bond acceptors (Lipinski definition) is 3. The van der Waals surface area contributed by atoms with E-state index in [0.717, 1.165) is 25.7 Å². The standard InChI is InChI=1S/C15H18BrN3O/c1-15(6-4-2-3-5-7-15)13(20)10-8-17-14-12(10)19-11(16)9-18-14/h8-9H,2-7H2,1H3,(H,17,18). The predicted octanol–water partition coefficient (Wildman–Crippen LogP) is 4.26. The minimum absolute atomic E-state index is 0.207. The molecule has 106 valence electrons. The molecule has 0 aliphatic heterocycles.